The quantitative estimate of drug-likeness (QED) is 0.849. The molecule has 0 amide bonds. The summed E-state index contributed by atoms with van der Waals surface area (Å²) in [5, 5.41) is 6.66. The fraction of sp³-hybridized carbons (Fsp3) is 0.375. The molecular weight excluding hydrogens is 264 g/mol. The highest BCUT2D eigenvalue weighted by Crippen LogP contribution is 2.29. The molecule has 110 valence electrons. The molecular formula is C16H20N4O. The minimum absolute atomic E-state index is 0.130. The van der Waals surface area contributed by atoms with Gasteiger partial charge in [0, 0.05) is 12.1 Å². The van der Waals surface area contributed by atoms with Crippen molar-refractivity contribution in [3.63, 3.8) is 0 Å². The van der Waals surface area contributed by atoms with Gasteiger partial charge in [0.25, 0.3) is 0 Å². The van der Waals surface area contributed by atoms with Crippen LogP contribution in [0.5, 0.6) is 5.75 Å². The summed E-state index contributed by atoms with van der Waals surface area (Å²) < 4.78 is 5.80. The van der Waals surface area contributed by atoms with E-state index in [1.165, 1.54) is 12.8 Å². The predicted molar refractivity (Wildman–Crippen MR) is 84.2 cm³/mol. The molecule has 5 heteroatoms. The van der Waals surface area contributed by atoms with Crippen LogP contribution in [0.15, 0.2) is 36.7 Å². The molecule has 5 nitrogen and oxygen atoms in total. The lowest BCUT2D eigenvalue weighted by Gasteiger charge is -2.15. The van der Waals surface area contributed by atoms with E-state index in [9.17, 15) is 0 Å². The molecule has 3 rings (SSSR count). The van der Waals surface area contributed by atoms with E-state index in [1.807, 2.05) is 44.2 Å². The molecule has 1 aromatic heterocycles. The van der Waals surface area contributed by atoms with Crippen LogP contribution in [0.4, 0.5) is 17.3 Å². The largest absolute Gasteiger partial charge is 0.489 e. The van der Waals surface area contributed by atoms with Gasteiger partial charge in [0.2, 0.25) is 0 Å². The van der Waals surface area contributed by atoms with Gasteiger partial charge in [-0.2, -0.15) is 0 Å². The smallest absolute Gasteiger partial charge is 0.143 e. The molecule has 0 saturated heterocycles. The summed E-state index contributed by atoms with van der Waals surface area (Å²) in [5.41, 5.74) is 0.905. The number of benzene rings is 1. The fourth-order valence-electron chi connectivity index (χ4n) is 2.01. The van der Waals surface area contributed by atoms with Crippen molar-refractivity contribution in [3.8, 4) is 5.75 Å². The Balaban J connectivity index is 1.76. The normalized spacial score (nSPS) is 14.0. The maximum Gasteiger partial charge on any atom is 0.143 e. The molecule has 1 aromatic carbocycles. The Morgan fingerprint density at radius 2 is 1.90 bits per heavy atom. The highest BCUT2D eigenvalue weighted by Gasteiger charge is 2.21. The lowest BCUT2D eigenvalue weighted by molar-refractivity contribution is 0.244. The van der Waals surface area contributed by atoms with Crippen molar-refractivity contribution in [2.45, 2.75) is 38.8 Å². The zero-order valence-corrected chi connectivity index (χ0v) is 12.3. The summed E-state index contributed by atoms with van der Waals surface area (Å²) >= 11 is 0. The Bertz CT molecular complexity index is 611. The summed E-state index contributed by atoms with van der Waals surface area (Å²) in [6, 6.07) is 10.4. The summed E-state index contributed by atoms with van der Waals surface area (Å²) in [7, 11) is 0. The first-order valence-electron chi connectivity index (χ1n) is 7.32. The van der Waals surface area contributed by atoms with Gasteiger partial charge in [0.1, 0.15) is 23.7 Å². The van der Waals surface area contributed by atoms with Crippen molar-refractivity contribution in [1.29, 1.82) is 0 Å². The number of hydrogen-bond donors (Lipinski definition) is 2. The van der Waals surface area contributed by atoms with Gasteiger partial charge in [0.05, 0.1) is 11.8 Å². The Kier molecular flexibility index (Phi) is 3.90. The molecule has 0 bridgehead atoms. The highest BCUT2D eigenvalue weighted by atomic mass is 16.5. The number of hydrogen-bond acceptors (Lipinski definition) is 5. The van der Waals surface area contributed by atoms with E-state index >= 15 is 0 Å². The molecule has 2 N–H and O–H groups in total. The molecule has 2 aromatic rings. The van der Waals surface area contributed by atoms with Crippen LogP contribution in [0.3, 0.4) is 0 Å². The molecule has 0 spiro atoms. The average molecular weight is 284 g/mol. The Morgan fingerprint density at radius 3 is 2.67 bits per heavy atom. The molecule has 1 aliphatic carbocycles. The van der Waals surface area contributed by atoms with Crippen LogP contribution in [-0.4, -0.2) is 22.1 Å². The molecule has 21 heavy (non-hydrogen) atoms. The van der Waals surface area contributed by atoms with Crippen molar-refractivity contribution < 1.29 is 4.74 Å². The van der Waals surface area contributed by atoms with Crippen LogP contribution < -0.4 is 15.4 Å². The Morgan fingerprint density at radius 1 is 1.14 bits per heavy atom. The zero-order chi connectivity index (χ0) is 14.7. The van der Waals surface area contributed by atoms with Crippen molar-refractivity contribution in [3.05, 3.63) is 36.7 Å². The van der Waals surface area contributed by atoms with E-state index in [2.05, 4.69) is 20.6 Å². The van der Waals surface area contributed by atoms with Crippen LogP contribution >= 0.6 is 0 Å². The summed E-state index contributed by atoms with van der Waals surface area (Å²) in [6.07, 6.45) is 4.14. The van der Waals surface area contributed by atoms with Crippen LogP contribution in [0.1, 0.15) is 26.7 Å². The summed E-state index contributed by atoms with van der Waals surface area (Å²) in [6.45, 7) is 4.03. The van der Waals surface area contributed by atoms with Gasteiger partial charge in [-0.05, 0) is 38.8 Å². The van der Waals surface area contributed by atoms with Crippen molar-refractivity contribution in [2.75, 3.05) is 10.6 Å². The van der Waals surface area contributed by atoms with E-state index in [0.717, 1.165) is 23.1 Å². The third-order valence-corrected chi connectivity index (χ3v) is 3.11. The Hall–Kier alpha value is -2.30. The van der Waals surface area contributed by atoms with Gasteiger partial charge in [0.15, 0.2) is 0 Å². The maximum atomic E-state index is 5.80. The first-order chi connectivity index (χ1) is 10.2. The van der Waals surface area contributed by atoms with Gasteiger partial charge in [-0.3, -0.25) is 0 Å². The van der Waals surface area contributed by atoms with Gasteiger partial charge >= 0.3 is 0 Å². The van der Waals surface area contributed by atoms with E-state index in [0.29, 0.717) is 6.04 Å². The molecule has 1 fully saturated rings. The fourth-order valence-corrected chi connectivity index (χ4v) is 2.01. The van der Waals surface area contributed by atoms with Crippen molar-refractivity contribution >= 4 is 17.3 Å². The first-order valence-corrected chi connectivity index (χ1v) is 7.32. The second-order valence-electron chi connectivity index (χ2n) is 5.49. The summed E-state index contributed by atoms with van der Waals surface area (Å²) in [4.78, 5) is 8.50. The zero-order valence-electron chi connectivity index (χ0n) is 12.3. The standard InChI is InChI=1S/C16H20N4O/c1-11(2)21-14-6-4-3-5-13(14)20-16-9-15(17-10-18-16)19-12-7-8-12/h3-6,9-12H,7-8H2,1-2H3,(H2,17,18,19,20). The molecule has 1 saturated carbocycles. The highest BCUT2D eigenvalue weighted by molar-refractivity contribution is 5.65. The first kappa shape index (κ1) is 13.7. The number of anilines is 3. The lowest BCUT2D eigenvalue weighted by Crippen LogP contribution is -2.08. The van der Waals surface area contributed by atoms with Crippen LogP contribution in [0.2, 0.25) is 0 Å². The van der Waals surface area contributed by atoms with Gasteiger partial charge < -0.3 is 15.4 Å². The van der Waals surface area contributed by atoms with E-state index < -0.39 is 0 Å². The van der Waals surface area contributed by atoms with E-state index in [4.69, 9.17) is 4.74 Å². The number of ether oxygens (including phenoxy) is 1. The second-order valence-corrected chi connectivity index (χ2v) is 5.49. The SMILES string of the molecule is CC(C)Oc1ccccc1Nc1cc(NC2CC2)ncn1. The topological polar surface area (TPSA) is 59.1 Å². The maximum absolute atomic E-state index is 5.80. The van der Waals surface area contributed by atoms with Crippen LogP contribution in [0.25, 0.3) is 0 Å². The van der Waals surface area contributed by atoms with Crippen LogP contribution in [-0.2, 0) is 0 Å². The summed E-state index contributed by atoms with van der Waals surface area (Å²) in [5.74, 6) is 2.44. The number of aromatic nitrogens is 2. The molecule has 1 aliphatic rings. The number of rotatable bonds is 6. The Labute approximate surface area is 124 Å². The van der Waals surface area contributed by atoms with E-state index in [1.54, 1.807) is 6.33 Å². The molecule has 0 radical (unpaired) electrons. The minimum Gasteiger partial charge on any atom is -0.489 e. The third kappa shape index (κ3) is 3.84. The number of para-hydroxylation sites is 2. The van der Waals surface area contributed by atoms with Gasteiger partial charge in [-0.1, -0.05) is 12.1 Å². The van der Waals surface area contributed by atoms with Crippen LogP contribution in [0, 0.1) is 0 Å². The minimum atomic E-state index is 0.130. The van der Waals surface area contributed by atoms with Crippen molar-refractivity contribution in [1.82, 2.24) is 9.97 Å². The second kappa shape index (κ2) is 5.99. The predicted octanol–water partition coefficient (Wildman–Crippen LogP) is 3.58. The molecule has 0 unspecified atom stereocenters. The molecule has 0 aliphatic heterocycles. The van der Waals surface area contributed by atoms with E-state index in [-0.39, 0.29) is 6.10 Å². The molecule has 1 heterocycles. The molecule has 0 atom stereocenters. The average Bonchev–Trinajstić information content (AvgIpc) is 3.25. The van der Waals surface area contributed by atoms with Gasteiger partial charge in [-0.25, -0.2) is 9.97 Å². The lowest BCUT2D eigenvalue weighted by atomic mass is 10.3. The monoisotopic (exact) mass is 284 g/mol. The number of nitrogens with zero attached hydrogens (tertiary/aromatic N) is 2. The van der Waals surface area contributed by atoms with Crippen molar-refractivity contribution in [2.24, 2.45) is 0 Å². The van der Waals surface area contributed by atoms with Gasteiger partial charge in [-0.15, -0.1) is 0 Å². The third-order valence-electron chi connectivity index (χ3n) is 3.11. The number of nitrogens with one attached hydrogen (secondary N) is 2.